The highest BCUT2D eigenvalue weighted by atomic mass is 32.1. The zero-order valence-electron chi connectivity index (χ0n) is 14.3. The van der Waals surface area contributed by atoms with Gasteiger partial charge < -0.3 is 9.64 Å². The van der Waals surface area contributed by atoms with Gasteiger partial charge in [0.05, 0.1) is 12.5 Å². The van der Waals surface area contributed by atoms with Crippen molar-refractivity contribution < 1.29 is 4.74 Å². The number of thiophene rings is 1. The van der Waals surface area contributed by atoms with Crippen LogP contribution in [0.2, 0.25) is 0 Å². The number of ether oxygens (including phenoxy) is 1. The molecule has 0 fully saturated rings. The molecule has 24 heavy (non-hydrogen) atoms. The summed E-state index contributed by atoms with van der Waals surface area (Å²) < 4.78 is 5.26. The lowest BCUT2D eigenvalue weighted by atomic mass is 9.97. The molecule has 0 saturated heterocycles. The Bertz CT molecular complexity index is 886. The van der Waals surface area contributed by atoms with Crippen LogP contribution < -0.4 is 9.64 Å². The molecule has 3 aromatic rings. The van der Waals surface area contributed by atoms with Crippen LogP contribution >= 0.6 is 11.3 Å². The van der Waals surface area contributed by atoms with Gasteiger partial charge in [0, 0.05) is 17.6 Å². The van der Waals surface area contributed by atoms with E-state index in [1.165, 1.54) is 35.1 Å². The van der Waals surface area contributed by atoms with E-state index in [0.717, 1.165) is 34.3 Å². The third kappa shape index (κ3) is 2.53. The van der Waals surface area contributed by atoms with E-state index in [1.807, 2.05) is 30.4 Å². The number of hydrogen-bond acceptors (Lipinski definition) is 5. The first-order valence-electron chi connectivity index (χ1n) is 8.34. The van der Waals surface area contributed by atoms with Crippen molar-refractivity contribution in [2.24, 2.45) is 0 Å². The molecule has 0 saturated carbocycles. The Morgan fingerprint density at radius 1 is 1.08 bits per heavy atom. The number of rotatable bonds is 3. The quantitative estimate of drug-likeness (QED) is 0.696. The summed E-state index contributed by atoms with van der Waals surface area (Å²) in [6, 6.07) is 8.11. The molecular formula is C19H21N3OS. The van der Waals surface area contributed by atoms with E-state index in [1.54, 1.807) is 7.11 Å². The van der Waals surface area contributed by atoms with E-state index in [0.29, 0.717) is 0 Å². The maximum Gasteiger partial charge on any atom is 0.145 e. The Kier molecular flexibility index (Phi) is 3.88. The fourth-order valence-electron chi connectivity index (χ4n) is 3.41. The fourth-order valence-corrected chi connectivity index (χ4v) is 4.71. The second-order valence-electron chi connectivity index (χ2n) is 6.24. The highest BCUT2D eigenvalue weighted by Gasteiger charge is 2.22. The van der Waals surface area contributed by atoms with Crippen LogP contribution in [0.5, 0.6) is 5.75 Å². The number of methoxy groups -OCH3 is 1. The topological polar surface area (TPSA) is 38.2 Å². The summed E-state index contributed by atoms with van der Waals surface area (Å²) in [5.74, 6) is 2.71. The molecule has 1 aliphatic carbocycles. The second kappa shape index (κ2) is 6.06. The predicted molar refractivity (Wildman–Crippen MR) is 99.9 cm³/mol. The molecule has 4 rings (SSSR count). The molecule has 5 heteroatoms. The van der Waals surface area contributed by atoms with Gasteiger partial charge in [0.15, 0.2) is 0 Å². The molecule has 1 aromatic carbocycles. The molecule has 2 aromatic heterocycles. The third-order valence-electron chi connectivity index (χ3n) is 4.68. The summed E-state index contributed by atoms with van der Waals surface area (Å²) in [5.41, 5.74) is 2.57. The van der Waals surface area contributed by atoms with Crippen molar-refractivity contribution in [2.45, 2.75) is 32.6 Å². The molecule has 0 radical (unpaired) electrons. The van der Waals surface area contributed by atoms with E-state index >= 15 is 0 Å². The van der Waals surface area contributed by atoms with Crippen LogP contribution in [0.4, 0.5) is 11.5 Å². The molecule has 1 aliphatic rings. The van der Waals surface area contributed by atoms with Gasteiger partial charge in [0.1, 0.15) is 22.2 Å². The van der Waals surface area contributed by atoms with Crippen molar-refractivity contribution in [3.63, 3.8) is 0 Å². The third-order valence-corrected chi connectivity index (χ3v) is 5.87. The number of nitrogens with zero attached hydrogens (tertiary/aromatic N) is 3. The van der Waals surface area contributed by atoms with E-state index < -0.39 is 0 Å². The summed E-state index contributed by atoms with van der Waals surface area (Å²) in [6.07, 6.45) is 4.88. The van der Waals surface area contributed by atoms with Gasteiger partial charge in [-0.25, -0.2) is 9.97 Å². The Hall–Kier alpha value is -2.14. The zero-order chi connectivity index (χ0) is 16.7. The van der Waals surface area contributed by atoms with Crippen LogP contribution in [0.3, 0.4) is 0 Å². The molecule has 0 bridgehead atoms. The first-order chi connectivity index (χ1) is 11.7. The van der Waals surface area contributed by atoms with Crippen LogP contribution in [0.25, 0.3) is 10.2 Å². The number of aromatic nitrogens is 2. The van der Waals surface area contributed by atoms with Gasteiger partial charge in [-0.05, 0) is 62.4 Å². The smallest absolute Gasteiger partial charge is 0.145 e. The molecule has 0 atom stereocenters. The van der Waals surface area contributed by atoms with Crippen molar-refractivity contribution in [3.05, 3.63) is 40.5 Å². The minimum Gasteiger partial charge on any atom is -0.497 e. The molecule has 0 spiro atoms. The van der Waals surface area contributed by atoms with E-state index in [9.17, 15) is 0 Å². The largest absolute Gasteiger partial charge is 0.497 e. The average molecular weight is 339 g/mol. The summed E-state index contributed by atoms with van der Waals surface area (Å²) in [7, 11) is 3.77. The minimum absolute atomic E-state index is 0.830. The monoisotopic (exact) mass is 339 g/mol. The normalized spacial score (nSPS) is 13.8. The van der Waals surface area contributed by atoms with Crippen LogP contribution in [0.15, 0.2) is 24.3 Å². The van der Waals surface area contributed by atoms with Gasteiger partial charge in [0.25, 0.3) is 0 Å². The summed E-state index contributed by atoms with van der Waals surface area (Å²) in [4.78, 5) is 14.3. The van der Waals surface area contributed by atoms with Gasteiger partial charge in [0.2, 0.25) is 0 Å². The van der Waals surface area contributed by atoms with Crippen LogP contribution in [-0.2, 0) is 12.8 Å². The molecule has 0 unspecified atom stereocenters. The lowest BCUT2D eigenvalue weighted by molar-refractivity contribution is 0.415. The molecule has 124 valence electrons. The van der Waals surface area contributed by atoms with Crippen LogP contribution in [0, 0.1) is 6.92 Å². The maximum atomic E-state index is 5.26. The van der Waals surface area contributed by atoms with Gasteiger partial charge in [-0.15, -0.1) is 11.3 Å². The van der Waals surface area contributed by atoms with Crippen molar-refractivity contribution in [3.8, 4) is 5.75 Å². The number of hydrogen-bond donors (Lipinski definition) is 0. The SMILES string of the molecule is COc1ccc(N(C)c2nc(C)nc3sc4c(c23)CCCC4)cc1. The minimum atomic E-state index is 0.830. The average Bonchev–Trinajstić information content (AvgIpc) is 2.98. The Balaban J connectivity index is 1.86. The van der Waals surface area contributed by atoms with Gasteiger partial charge in [-0.2, -0.15) is 0 Å². The van der Waals surface area contributed by atoms with Crippen molar-refractivity contribution in [2.75, 3.05) is 19.1 Å². The number of anilines is 2. The molecule has 0 N–H and O–H groups in total. The van der Waals surface area contributed by atoms with E-state index in [-0.39, 0.29) is 0 Å². The Morgan fingerprint density at radius 3 is 2.58 bits per heavy atom. The number of benzene rings is 1. The standard InChI is InChI=1S/C19H21N3OS/c1-12-20-18(22(2)13-8-10-14(23-3)11-9-13)17-15-6-4-5-7-16(15)24-19(17)21-12/h8-11H,4-7H2,1-3H3. The summed E-state index contributed by atoms with van der Waals surface area (Å²) >= 11 is 1.85. The van der Waals surface area contributed by atoms with Crippen LogP contribution in [0.1, 0.15) is 29.1 Å². The fraction of sp³-hybridized carbons (Fsp3) is 0.368. The Morgan fingerprint density at radius 2 is 1.83 bits per heavy atom. The molecular weight excluding hydrogens is 318 g/mol. The highest BCUT2D eigenvalue weighted by molar-refractivity contribution is 7.19. The summed E-state index contributed by atoms with van der Waals surface area (Å²) in [6.45, 7) is 1.98. The van der Waals surface area contributed by atoms with E-state index in [2.05, 4.69) is 24.1 Å². The van der Waals surface area contributed by atoms with Crippen molar-refractivity contribution in [1.82, 2.24) is 9.97 Å². The Labute approximate surface area is 146 Å². The molecule has 4 nitrogen and oxygen atoms in total. The van der Waals surface area contributed by atoms with Crippen LogP contribution in [-0.4, -0.2) is 24.1 Å². The first kappa shape index (κ1) is 15.4. The molecule has 2 heterocycles. The highest BCUT2D eigenvalue weighted by Crippen LogP contribution is 2.40. The second-order valence-corrected chi connectivity index (χ2v) is 7.33. The van der Waals surface area contributed by atoms with Gasteiger partial charge >= 0.3 is 0 Å². The number of aryl methyl sites for hydroxylation is 3. The lowest BCUT2D eigenvalue weighted by Gasteiger charge is -2.21. The first-order valence-corrected chi connectivity index (χ1v) is 9.15. The van der Waals surface area contributed by atoms with E-state index in [4.69, 9.17) is 14.7 Å². The zero-order valence-corrected chi connectivity index (χ0v) is 15.1. The number of fused-ring (bicyclic) bond motifs is 3. The molecule has 0 aliphatic heterocycles. The van der Waals surface area contributed by atoms with Crippen molar-refractivity contribution in [1.29, 1.82) is 0 Å². The van der Waals surface area contributed by atoms with Gasteiger partial charge in [-0.3, -0.25) is 0 Å². The van der Waals surface area contributed by atoms with Gasteiger partial charge in [-0.1, -0.05) is 0 Å². The predicted octanol–water partition coefficient (Wildman–Crippen LogP) is 4.66. The lowest BCUT2D eigenvalue weighted by Crippen LogP contribution is -2.13. The molecule has 0 amide bonds. The van der Waals surface area contributed by atoms with Crippen molar-refractivity contribution >= 4 is 33.1 Å². The summed E-state index contributed by atoms with van der Waals surface area (Å²) in [5, 5.41) is 1.25. The maximum absolute atomic E-state index is 5.26.